The zero-order chi connectivity index (χ0) is 7.21. The fourth-order valence-corrected chi connectivity index (χ4v) is 0. The van der Waals surface area contributed by atoms with Crippen LogP contribution in [0.25, 0.3) is 0 Å². The van der Waals surface area contributed by atoms with Gasteiger partial charge in [0.15, 0.2) is 0 Å². The molecule has 0 aliphatic rings. The second-order valence-electron chi connectivity index (χ2n) is 2.01. The topological polar surface area (TPSA) is 63.3 Å². The first-order valence-corrected chi connectivity index (χ1v) is 11.1. The molecule has 5 heteroatoms. The molecule has 0 aromatic rings. The van der Waals surface area contributed by atoms with Crippen molar-refractivity contribution in [3.05, 3.63) is 0 Å². The van der Waals surface area contributed by atoms with Crippen molar-refractivity contribution in [1.82, 2.24) is 0 Å². The van der Waals surface area contributed by atoms with Crippen LogP contribution < -0.4 is 4.48 Å². The molecule has 45 valence electrons. The Morgan fingerprint density at radius 3 is 1.50 bits per heavy atom. The first-order valence-electron chi connectivity index (χ1n) is 2.29. The van der Waals surface area contributed by atoms with Crippen LogP contribution in [0.3, 0.4) is 0 Å². The van der Waals surface area contributed by atoms with Crippen LogP contribution in [0, 0.1) is 0 Å². The van der Waals surface area contributed by atoms with Crippen molar-refractivity contribution in [2.45, 2.75) is 0 Å². The molecule has 0 saturated carbocycles. The third-order valence-corrected chi connectivity index (χ3v) is 0. The van der Waals surface area contributed by atoms with Gasteiger partial charge in [-0.15, -0.1) is 0 Å². The second kappa shape index (κ2) is 5.39. The molecule has 0 rings (SSSR count). The summed E-state index contributed by atoms with van der Waals surface area (Å²) in [4.78, 5) is 6.99. The van der Waals surface area contributed by atoms with Crippen molar-refractivity contribution in [2.24, 2.45) is 4.48 Å². The first kappa shape index (κ1) is 11.1. The molecule has 0 aliphatic carbocycles. The first-order chi connectivity index (χ1) is 3.41. The van der Waals surface area contributed by atoms with E-state index >= 15 is 0 Å². The fraction of sp³-hybridized carbons (Fsp3) is 0. The Morgan fingerprint density at radius 1 is 1.50 bits per heavy atom. The Morgan fingerprint density at radius 2 is 1.50 bits per heavy atom. The fourth-order valence-electron chi connectivity index (χ4n) is 0. The molecule has 0 amide bonds. The summed E-state index contributed by atoms with van der Waals surface area (Å²) >= 11 is -2.50. The molecule has 8 heavy (non-hydrogen) atoms. The number of nitrogens with two attached hydrogens (primary N) is 1. The van der Waals surface area contributed by atoms with Gasteiger partial charge < -0.3 is 4.89 Å². The van der Waals surface area contributed by atoms with E-state index in [1.807, 2.05) is 0 Å². The van der Waals surface area contributed by atoms with Gasteiger partial charge in [0.2, 0.25) is 0 Å². The Hall–Kier alpha value is 0.253. The van der Waals surface area contributed by atoms with E-state index in [0.717, 1.165) is 0 Å². The number of hydrogen-bond donors (Lipinski definition) is 2. The molecule has 0 aromatic heterocycles. The van der Waals surface area contributed by atoms with E-state index < -0.39 is 22.3 Å². The van der Waals surface area contributed by atoms with E-state index in [1.165, 1.54) is 0 Å². The van der Waals surface area contributed by atoms with E-state index in [-0.39, 0.29) is 0 Å². The zero-order valence-corrected chi connectivity index (χ0v) is 8.57. The normalized spacial score (nSPS) is 5.75. The molecule has 0 atom stereocenters. The van der Waals surface area contributed by atoms with Gasteiger partial charge in [-0.25, -0.2) is 4.57 Å². The summed E-state index contributed by atoms with van der Waals surface area (Å²) in [6.07, 6.45) is 0. The van der Waals surface area contributed by atoms with Crippen LogP contribution >= 0.6 is 8.69 Å². The monoisotopic (exact) mass is 186 g/mol. The van der Waals surface area contributed by atoms with Crippen LogP contribution in [0.2, 0.25) is 0 Å². The van der Waals surface area contributed by atoms with Crippen LogP contribution in [0.5, 0.6) is 0 Å². The molecule has 3 N–H and O–H groups in total. The quantitative estimate of drug-likeness (QED) is 0.397. The van der Waals surface area contributed by atoms with Gasteiger partial charge in [0, 0.05) is 0 Å². The van der Waals surface area contributed by atoms with Crippen molar-refractivity contribution in [3.63, 3.8) is 0 Å². The molecule has 0 saturated heterocycles. The Kier molecular flexibility index (Phi) is 7.48. The van der Waals surface area contributed by atoms with Gasteiger partial charge in [-0.1, -0.05) is 0 Å². The van der Waals surface area contributed by atoms with Crippen LogP contribution in [-0.4, -0.2) is 20.2 Å². The summed E-state index contributed by atoms with van der Waals surface area (Å²) in [7, 11) is -0.833. The maximum absolute atomic E-state index is 8.46. The van der Waals surface area contributed by atoms with Gasteiger partial charge in [-0.2, -0.15) is 0 Å². The van der Waals surface area contributed by atoms with Gasteiger partial charge in [0.1, 0.15) is 0 Å². The van der Waals surface area contributed by atoms with E-state index in [9.17, 15) is 0 Å². The van der Waals surface area contributed by atoms with Crippen LogP contribution in [0.1, 0.15) is 0 Å². The van der Waals surface area contributed by atoms with Crippen molar-refractivity contribution in [3.8, 4) is 0 Å². The van der Waals surface area contributed by atoms with Gasteiger partial charge in [-0.05, 0) is 0 Å². The SMILES string of the molecule is O=PO.[CH2]=[Zn](=[CH2])(=[CH2])[NH2]. The van der Waals surface area contributed by atoms with Gasteiger partial charge in [-0.3, -0.25) is 0 Å². The van der Waals surface area contributed by atoms with Crippen LogP contribution in [0.4, 0.5) is 0 Å². The average molecular weight is 187 g/mol. The van der Waals surface area contributed by atoms with E-state index in [0.29, 0.717) is 0 Å². The summed E-state index contributed by atoms with van der Waals surface area (Å²) in [5.74, 6) is 0. The van der Waals surface area contributed by atoms with Crippen LogP contribution in [-0.2, 0) is 18.2 Å². The van der Waals surface area contributed by atoms with Crippen LogP contribution in [0.15, 0.2) is 0 Å². The third-order valence-electron chi connectivity index (χ3n) is 0. The van der Waals surface area contributed by atoms with E-state index in [4.69, 9.17) is 13.9 Å². The van der Waals surface area contributed by atoms with E-state index in [1.54, 1.807) is 0 Å². The summed E-state index contributed by atoms with van der Waals surface area (Å²) < 4.78 is 13.7. The zero-order valence-electron chi connectivity index (χ0n) is 4.71. The molecule has 0 aromatic carbocycles. The maximum atomic E-state index is 8.46. The molecule has 0 radical (unpaired) electrons. The Labute approximate surface area is 52.1 Å². The molecular weight excluding hydrogens is 178 g/mol. The minimum atomic E-state index is -2.50. The Balaban J connectivity index is 0. The third kappa shape index (κ3) is 2690. The predicted octanol–water partition coefficient (Wildman–Crippen LogP) is -0.505. The summed E-state index contributed by atoms with van der Waals surface area (Å²) in [5, 5.41) is 10.6. The molecule has 3 nitrogen and oxygen atoms in total. The van der Waals surface area contributed by atoms with Gasteiger partial charge in [0.25, 0.3) is 0 Å². The molecule has 0 spiro atoms. The van der Waals surface area contributed by atoms with Crippen molar-refractivity contribution < 1.29 is 23.1 Å². The molecule has 0 fully saturated rings. The molecular formula is C3H9NO2PZn. The Bertz CT molecular complexity index is 172. The molecule has 0 unspecified atom stereocenters. The standard InChI is InChI=1S/3CH2.H2N.HO2P.Zn/c;;;;1-3-2;/h4*1H2;(H,1,2);/q;;;-1;;+1. The van der Waals surface area contributed by atoms with E-state index in [2.05, 4.69) is 15.3 Å². The van der Waals surface area contributed by atoms with Crippen molar-refractivity contribution in [1.29, 1.82) is 0 Å². The minimum absolute atomic E-state index is 0.833. The van der Waals surface area contributed by atoms with Gasteiger partial charge in [0.05, 0.1) is 0 Å². The number of hydrogen-bond acceptors (Lipinski definition) is 2. The van der Waals surface area contributed by atoms with Crippen molar-refractivity contribution >= 4 is 24.0 Å². The van der Waals surface area contributed by atoms with Gasteiger partial charge >= 0.3 is 42.2 Å². The molecule has 0 heterocycles. The molecule has 0 aliphatic heterocycles. The average Bonchev–Trinajstić information content (AvgIpc) is 1.27. The summed E-state index contributed by atoms with van der Waals surface area (Å²) in [6.45, 7) is 0. The second-order valence-corrected chi connectivity index (χ2v) is 10.3. The summed E-state index contributed by atoms with van der Waals surface area (Å²) in [5.41, 5.74) is 0. The summed E-state index contributed by atoms with van der Waals surface area (Å²) in [6, 6.07) is 0. The number of rotatable bonds is 0. The predicted molar refractivity (Wildman–Crippen MR) is 35.4 cm³/mol. The molecule has 0 bridgehead atoms. The van der Waals surface area contributed by atoms with Crippen molar-refractivity contribution in [2.75, 3.05) is 0 Å².